The molecule has 1 aliphatic rings. The predicted molar refractivity (Wildman–Crippen MR) is 147 cm³/mol. The normalized spacial score (nSPS) is 16.1. The zero-order valence-corrected chi connectivity index (χ0v) is 20.9. The van der Waals surface area contributed by atoms with Crippen LogP contribution in [-0.4, -0.2) is 62.9 Å². The second kappa shape index (κ2) is 9.69. The van der Waals surface area contributed by atoms with E-state index in [9.17, 15) is 4.79 Å². The van der Waals surface area contributed by atoms with Gasteiger partial charge in [-0.15, -0.1) is 6.42 Å². The molecule has 0 amide bonds. The molecule has 0 spiro atoms. The third kappa shape index (κ3) is 3.98. The molecule has 0 N–H and O–H groups in total. The average molecular weight is 505 g/mol. The standard InChI is InChI=1S/C30H25FN6O/c1-3-29-34-27-17-33-26-9-7-20(21-6-5-11-32-16-21)14-24(26)30(27)37(29)22-8-10-28(25(31)15-22)36-13-12-35(4-2)23(18-36)19-38/h1,5-11,14-17,19,23H,4,12-13,18H2,2H3. The summed E-state index contributed by atoms with van der Waals surface area (Å²) in [7, 11) is 0. The summed E-state index contributed by atoms with van der Waals surface area (Å²) in [6, 6.07) is 14.7. The molecule has 4 heterocycles. The number of anilines is 1. The third-order valence-corrected chi connectivity index (χ3v) is 7.23. The van der Waals surface area contributed by atoms with Crippen molar-refractivity contribution >= 4 is 33.9 Å². The lowest BCUT2D eigenvalue weighted by Crippen LogP contribution is -2.54. The fraction of sp³-hybridized carbons (Fsp3) is 0.200. The van der Waals surface area contributed by atoms with Crippen molar-refractivity contribution in [2.75, 3.05) is 31.1 Å². The van der Waals surface area contributed by atoms with Crippen LogP contribution in [0.25, 0.3) is 38.8 Å². The van der Waals surface area contributed by atoms with Gasteiger partial charge < -0.3 is 9.69 Å². The van der Waals surface area contributed by atoms with E-state index in [1.165, 1.54) is 6.07 Å². The number of hydrogen-bond acceptors (Lipinski definition) is 6. The van der Waals surface area contributed by atoms with E-state index in [1.807, 2.05) is 59.0 Å². The Kier molecular flexibility index (Phi) is 6.06. The number of fused-ring (bicyclic) bond motifs is 3. The first-order valence-electron chi connectivity index (χ1n) is 12.5. The summed E-state index contributed by atoms with van der Waals surface area (Å²) in [5, 5.41) is 0.854. The predicted octanol–water partition coefficient (Wildman–Crippen LogP) is 4.47. The number of benzene rings is 2. The van der Waals surface area contributed by atoms with Crippen molar-refractivity contribution in [2.24, 2.45) is 0 Å². The Hall–Kier alpha value is -4.61. The van der Waals surface area contributed by atoms with Gasteiger partial charge in [0.25, 0.3) is 0 Å². The maximum Gasteiger partial charge on any atom is 0.190 e. The minimum absolute atomic E-state index is 0.258. The molecular weight excluding hydrogens is 479 g/mol. The second-order valence-corrected chi connectivity index (χ2v) is 9.29. The van der Waals surface area contributed by atoms with Gasteiger partial charge in [-0.3, -0.25) is 19.4 Å². The number of rotatable bonds is 5. The highest BCUT2D eigenvalue weighted by Crippen LogP contribution is 2.32. The summed E-state index contributed by atoms with van der Waals surface area (Å²) in [4.78, 5) is 29.1. The number of pyridine rings is 2. The van der Waals surface area contributed by atoms with Gasteiger partial charge >= 0.3 is 0 Å². The van der Waals surface area contributed by atoms with Crippen LogP contribution in [0.3, 0.4) is 0 Å². The van der Waals surface area contributed by atoms with Gasteiger partial charge in [0.05, 0.1) is 34.6 Å². The molecular formula is C30H25FN6O. The topological polar surface area (TPSA) is 67.2 Å². The number of imidazole rings is 1. The highest BCUT2D eigenvalue weighted by molar-refractivity contribution is 6.05. The molecule has 188 valence electrons. The van der Waals surface area contributed by atoms with Crippen LogP contribution in [0.1, 0.15) is 12.7 Å². The molecule has 1 saturated heterocycles. The smallest absolute Gasteiger partial charge is 0.190 e. The Bertz CT molecular complexity index is 1710. The Morgan fingerprint density at radius 2 is 2.00 bits per heavy atom. The van der Waals surface area contributed by atoms with Crippen molar-refractivity contribution in [3.8, 4) is 29.2 Å². The molecule has 3 aromatic heterocycles. The first kappa shape index (κ1) is 23.8. The number of aldehydes is 1. The van der Waals surface area contributed by atoms with Crippen molar-refractivity contribution in [3.05, 3.63) is 78.8 Å². The van der Waals surface area contributed by atoms with Gasteiger partial charge in [-0.05, 0) is 48.4 Å². The fourth-order valence-electron chi connectivity index (χ4n) is 5.30. The Labute approximate surface area is 219 Å². The zero-order valence-electron chi connectivity index (χ0n) is 20.9. The molecule has 0 saturated carbocycles. The van der Waals surface area contributed by atoms with E-state index in [-0.39, 0.29) is 11.9 Å². The van der Waals surface area contributed by atoms with Gasteiger partial charge in [0.15, 0.2) is 5.82 Å². The van der Waals surface area contributed by atoms with Crippen LogP contribution in [-0.2, 0) is 4.79 Å². The number of carbonyl (C=O) groups excluding carboxylic acids is 1. The lowest BCUT2D eigenvalue weighted by Gasteiger charge is -2.39. The van der Waals surface area contributed by atoms with Crippen LogP contribution in [0.15, 0.2) is 67.1 Å². The summed E-state index contributed by atoms with van der Waals surface area (Å²) in [5.74, 6) is 2.64. The van der Waals surface area contributed by atoms with Crippen molar-refractivity contribution < 1.29 is 9.18 Å². The second-order valence-electron chi connectivity index (χ2n) is 9.29. The number of terminal acetylenes is 1. The Morgan fingerprint density at radius 3 is 2.74 bits per heavy atom. The van der Waals surface area contributed by atoms with E-state index in [2.05, 4.69) is 25.8 Å². The van der Waals surface area contributed by atoms with E-state index < -0.39 is 0 Å². The maximum absolute atomic E-state index is 15.6. The minimum Gasteiger partial charge on any atom is -0.366 e. The number of hydrogen-bond donors (Lipinski definition) is 0. The van der Waals surface area contributed by atoms with Crippen LogP contribution in [0.2, 0.25) is 0 Å². The average Bonchev–Trinajstić information content (AvgIpc) is 3.36. The number of aromatic nitrogens is 4. The highest BCUT2D eigenvalue weighted by atomic mass is 19.1. The van der Waals surface area contributed by atoms with Gasteiger partial charge in [0, 0.05) is 49.0 Å². The SMILES string of the molecule is C#Cc1nc2cnc3ccc(-c4cccnc4)cc3c2n1-c1ccc(N2CCN(CC)C(C=O)C2)c(F)c1. The quantitative estimate of drug-likeness (QED) is 0.260. The summed E-state index contributed by atoms with van der Waals surface area (Å²) >= 11 is 0. The molecule has 8 heteroatoms. The summed E-state index contributed by atoms with van der Waals surface area (Å²) in [6.07, 6.45) is 12.0. The van der Waals surface area contributed by atoms with Gasteiger partial charge in [0.2, 0.25) is 0 Å². The number of carbonyl (C=O) groups is 1. The molecule has 38 heavy (non-hydrogen) atoms. The summed E-state index contributed by atoms with van der Waals surface area (Å²) in [6.45, 7) is 4.61. The van der Waals surface area contributed by atoms with E-state index >= 15 is 4.39 Å². The van der Waals surface area contributed by atoms with Crippen molar-refractivity contribution in [1.82, 2.24) is 24.4 Å². The maximum atomic E-state index is 15.6. The number of halogens is 1. The zero-order chi connectivity index (χ0) is 26.2. The Morgan fingerprint density at radius 1 is 1.11 bits per heavy atom. The van der Waals surface area contributed by atoms with E-state index in [1.54, 1.807) is 18.5 Å². The lowest BCUT2D eigenvalue weighted by molar-refractivity contribution is -0.112. The van der Waals surface area contributed by atoms with Gasteiger partial charge in [-0.25, -0.2) is 9.37 Å². The summed E-state index contributed by atoms with van der Waals surface area (Å²) in [5.41, 5.74) is 5.16. The van der Waals surface area contributed by atoms with Crippen molar-refractivity contribution in [3.63, 3.8) is 0 Å². The fourth-order valence-corrected chi connectivity index (χ4v) is 5.30. The Balaban J connectivity index is 1.47. The first-order chi connectivity index (χ1) is 18.6. The largest absolute Gasteiger partial charge is 0.366 e. The molecule has 1 unspecified atom stereocenters. The van der Waals surface area contributed by atoms with Crippen molar-refractivity contribution in [1.29, 1.82) is 0 Å². The molecule has 2 aromatic carbocycles. The van der Waals surface area contributed by atoms with Gasteiger partial charge in [-0.1, -0.05) is 19.1 Å². The van der Waals surface area contributed by atoms with Crippen LogP contribution >= 0.6 is 0 Å². The molecule has 1 atom stereocenters. The molecule has 6 rings (SSSR count). The first-order valence-corrected chi connectivity index (χ1v) is 12.5. The highest BCUT2D eigenvalue weighted by Gasteiger charge is 2.27. The molecule has 1 aliphatic heterocycles. The van der Waals surface area contributed by atoms with E-state index in [0.717, 1.165) is 40.4 Å². The lowest BCUT2D eigenvalue weighted by atomic mass is 10.0. The molecule has 5 aromatic rings. The molecule has 1 fully saturated rings. The van der Waals surface area contributed by atoms with Crippen LogP contribution in [0, 0.1) is 18.2 Å². The number of nitrogens with zero attached hydrogens (tertiary/aromatic N) is 6. The van der Waals surface area contributed by atoms with E-state index in [0.29, 0.717) is 42.4 Å². The molecule has 0 radical (unpaired) electrons. The number of likely N-dealkylation sites (N-methyl/N-ethyl adjacent to an activating group) is 1. The van der Waals surface area contributed by atoms with Crippen molar-refractivity contribution in [2.45, 2.75) is 13.0 Å². The van der Waals surface area contributed by atoms with Crippen LogP contribution in [0.4, 0.5) is 10.1 Å². The third-order valence-electron chi connectivity index (χ3n) is 7.23. The summed E-state index contributed by atoms with van der Waals surface area (Å²) < 4.78 is 17.4. The minimum atomic E-state index is -0.378. The van der Waals surface area contributed by atoms with Crippen LogP contribution in [0.5, 0.6) is 0 Å². The molecule has 0 aliphatic carbocycles. The van der Waals surface area contributed by atoms with E-state index in [4.69, 9.17) is 6.42 Å². The molecule has 0 bridgehead atoms. The monoisotopic (exact) mass is 504 g/mol. The molecule has 7 nitrogen and oxygen atoms in total. The van der Waals surface area contributed by atoms with Gasteiger partial charge in [0.1, 0.15) is 17.6 Å². The van der Waals surface area contributed by atoms with Crippen LogP contribution < -0.4 is 4.90 Å². The number of piperazine rings is 1. The van der Waals surface area contributed by atoms with Gasteiger partial charge in [-0.2, -0.15) is 0 Å².